The molecule has 3 aromatic rings. The summed E-state index contributed by atoms with van der Waals surface area (Å²) in [7, 11) is 3.50. The van der Waals surface area contributed by atoms with Crippen molar-refractivity contribution in [2.24, 2.45) is 0 Å². The number of nitrogens with one attached hydrogen (secondary N) is 1. The van der Waals surface area contributed by atoms with Crippen molar-refractivity contribution in [2.75, 3.05) is 19.0 Å². The summed E-state index contributed by atoms with van der Waals surface area (Å²) in [5.41, 5.74) is 0.897. The predicted octanol–water partition coefficient (Wildman–Crippen LogP) is 2.61. The number of aromatic amines is 1. The molecule has 2 aromatic heterocycles. The molecule has 0 aliphatic carbocycles. The van der Waals surface area contributed by atoms with E-state index in [2.05, 4.69) is 15.1 Å². The lowest BCUT2D eigenvalue weighted by Gasteiger charge is -2.18. The minimum Gasteiger partial charge on any atom is -0.390 e. The van der Waals surface area contributed by atoms with Gasteiger partial charge in [-0.15, -0.1) is 0 Å². The summed E-state index contributed by atoms with van der Waals surface area (Å²) < 4.78 is 27.2. The fraction of sp³-hybridized carbons (Fsp3) is 0.389. The molecule has 7 nitrogen and oxygen atoms in total. The third-order valence-electron chi connectivity index (χ3n) is 4.45. The normalized spacial score (nSPS) is 12.7. The maximum absolute atomic E-state index is 12.8. The van der Waals surface area contributed by atoms with Crippen LogP contribution in [0.5, 0.6) is 0 Å². The van der Waals surface area contributed by atoms with Crippen LogP contribution in [-0.2, 0) is 6.61 Å². The first-order chi connectivity index (χ1) is 12.9. The highest BCUT2D eigenvalue weighted by atomic mass is 19.3. The van der Waals surface area contributed by atoms with Gasteiger partial charge in [-0.2, -0.15) is 10.1 Å². The van der Waals surface area contributed by atoms with Crippen molar-refractivity contribution in [1.82, 2.24) is 19.7 Å². The second-order valence-electron chi connectivity index (χ2n) is 6.42. The molecule has 144 valence electrons. The number of aliphatic hydroxyl groups excluding tert-OH is 1. The number of benzene rings is 1. The third-order valence-corrected chi connectivity index (χ3v) is 4.45. The molecule has 3 rings (SSSR count). The topological polar surface area (TPSA) is 87.0 Å². The van der Waals surface area contributed by atoms with E-state index in [1.54, 1.807) is 35.8 Å². The number of H-pyrrole nitrogens is 1. The average molecular weight is 377 g/mol. The van der Waals surface area contributed by atoms with Gasteiger partial charge in [-0.3, -0.25) is 9.78 Å². The van der Waals surface area contributed by atoms with Crippen LogP contribution < -0.4 is 10.5 Å². The van der Waals surface area contributed by atoms with Crippen molar-refractivity contribution in [3.05, 3.63) is 51.4 Å². The second-order valence-corrected chi connectivity index (χ2v) is 6.42. The Hall–Kier alpha value is -2.81. The maximum atomic E-state index is 12.8. The van der Waals surface area contributed by atoms with Gasteiger partial charge in [0, 0.05) is 19.7 Å². The molecule has 0 radical (unpaired) electrons. The lowest BCUT2D eigenvalue weighted by Crippen LogP contribution is -2.20. The highest BCUT2D eigenvalue weighted by Crippen LogP contribution is 2.28. The Morgan fingerprint density at radius 3 is 2.37 bits per heavy atom. The minimum atomic E-state index is -2.53. The number of hydrogen-bond acceptors (Lipinski definition) is 5. The number of alkyl halides is 2. The molecule has 1 aromatic carbocycles. The fourth-order valence-corrected chi connectivity index (χ4v) is 3.06. The standard InChI is InChI=1S/C18H21F2N5O2/c1-4-13(10-5-7-11(8-6-10)15(19)20)25-16-14(12(9-26)23-25)17(27)22-18(21-16)24(2)3/h5-8,13,15,26H,4,9H2,1-3H3,(H,21,22,27)/t13-/m1/s1. The Morgan fingerprint density at radius 1 is 1.22 bits per heavy atom. The number of aliphatic hydroxyl groups is 1. The largest absolute Gasteiger partial charge is 0.390 e. The second kappa shape index (κ2) is 7.43. The summed E-state index contributed by atoms with van der Waals surface area (Å²) in [5, 5.41) is 14.2. The van der Waals surface area contributed by atoms with E-state index in [-0.39, 0.29) is 28.2 Å². The van der Waals surface area contributed by atoms with E-state index in [4.69, 9.17) is 0 Å². The first-order valence-corrected chi connectivity index (χ1v) is 8.55. The molecular weight excluding hydrogens is 356 g/mol. The predicted molar refractivity (Wildman–Crippen MR) is 98.2 cm³/mol. The van der Waals surface area contributed by atoms with Gasteiger partial charge in [0.05, 0.1) is 12.6 Å². The summed E-state index contributed by atoms with van der Waals surface area (Å²) in [5.74, 6) is 0.362. The van der Waals surface area contributed by atoms with Crippen LogP contribution in [0.3, 0.4) is 0 Å². The minimum absolute atomic E-state index is 0.0561. The Morgan fingerprint density at radius 2 is 1.85 bits per heavy atom. The van der Waals surface area contributed by atoms with Gasteiger partial charge in [0.25, 0.3) is 12.0 Å². The van der Waals surface area contributed by atoms with Gasteiger partial charge in [-0.1, -0.05) is 31.2 Å². The molecule has 2 heterocycles. The number of aromatic nitrogens is 4. The Labute approximate surface area is 154 Å². The van der Waals surface area contributed by atoms with Crippen molar-refractivity contribution in [3.8, 4) is 0 Å². The van der Waals surface area contributed by atoms with Crippen molar-refractivity contribution in [2.45, 2.75) is 32.4 Å². The molecule has 0 amide bonds. The Kier molecular flexibility index (Phi) is 5.22. The van der Waals surface area contributed by atoms with Gasteiger partial charge in [-0.25, -0.2) is 13.5 Å². The molecule has 0 bridgehead atoms. The maximum Gasteiger partial charge on any atom is 0.263 e. The lowest BCUT2D eigenvalue weighted by molar-refractivity contribution is 0.151. The van der Waals surface area contributed by atoms with Crippen LogP contribution in [0.2, 0.25) is 0 Å². The number of halogens is 2. The SMILES string of the molecule is CC[C@H](c1ccc(C(F)F)cc1)n1nc(CO)c2c(=O)[nH]c(N(C)C)nc21. The molecule has 27 heavy (non-hydrogen) atoms. The van der Waals surface area contributed by atoms with Crippen molar-refractivity contribution in [3.63, 3.8) is 0 Å². The average Bonchev–Trinajstić information content (AvgIpc) is 3.02. The zero-order valence-electron chi connectivity index (χ0n) is 15.3. The first kappa shape index (κ1) is 19.0. The van der Waals surface area contributed by atoms with E-state index in [1.165, 1.54) is 12.1 Å². The van der Waals surface area contributed by atoms with Crippen LogP contribution in [0.4, 0.5) is 14.7 Å². The zero-order valence-corrected chi connectivity index (χ0v) is 15.3. The summed E-state index contributed by atoms with van der Waals surface area (Å²) in [6.45, 7) is 1.52. The lowest BCUT2D eigenvalue weighted by atomic mass is 10.0. The molecule has 0 saturated heterocycles. The van der Waals surface area contributed by atoms with E-state index in [0.717, 1.165) is 5.56 Å². The third kappa shape index (κ3) is 3.42. The van der Waals surface area contributed by atoms with Gasteiger partial charge in [0.15, 0.2) is 5.65 Å². The molecule has 0 aliphatic rings. The number of anilines is 1. The van der Waals surface area contributed by atoms with Gasteiger partial charge in [0.2, 0.25) is 5.95 Å². The van der Waals surface area contributed by atoms with E-state index < -0.39 is 13.0 Å². The summed E-state index contributed by atoms with van der Waals surface area (Å²) in [6, 6.07) is 5.70. The van der Waals surface area contributed by atoms with E-state index in [1.807, 2.05) is 6.92 Å². The molecule has 0 unspecified atom stereocenters. The molecule has 0 saturated carbocycles. The fourth-order valence-electron chi connectivity index (χ4n) is 3.06. The highest BCUT2D eigenvalue weighted by molar-refractivity contribution is 5.78. The van der Waals surface area contributed by atoms with Gasteiger partial charge in [-0.05, 0) is 12.0 Å². The van der Waals surface area contributed by atoms with E-state index in [0.29, 0.717) is 18.0 Å². The van der Waals surface area contributed by atoms with E-state index in [9.17, 15) is 18.7 Å². The van der Waals surface area contributed by atoms with Crippen LogP contribution in [0.25, 0.3) is 11.0 Å². The van der Waals surface area contributed by atoms with Gasteiger partial charge in [0.1, 0.15) is 11.1 Å². The van der Waals surface area contributed by atoms with Crippen LogP contribution in [-0.4, -0.2) is 39.0 Å². The Bertz CT molecular complexity index is 995. The van der Waals surface area contributed by atoms with Crippen molar-refractivity contribution in [1.29, 1.82) is 0 Å². The van der Waals surface area contributed by atoms with E-state index >= 15 is 0 Å². The Balaban J connectivity index is 2.19. The summed E-state index contributed by atoms with van der Waals surface area (Å²) >= 11 is 0. The monoisotopic (exact) mass is 377 g/mol. The first-order valence-electron chi connectivity index (χ1n) is 8.55. The molecule has 0 fully saturated rings. The quantitative estimate of drug-likeness (QED) is 0.690. The number of hydrogen-bond donors (Lipinski definition) is 2. The van der Waals surface area contributed by atoms with Gasteiger partial charge < -0.3 is 10.0 Å². The van der Waals surface area contributed by atoms with Crippen LogP contribution in [0.1, 0.15) is 42.6 Å². The summed E-state index contributed by atoms with van der Waals surface area (Å²) in [6.07, 6.45) is -1.94. The van der Waals surface area contributed by atoms with Gasteiger partial charge >= 0.3 is 0 Å². The molecule has 2 N–H and O–H groups in total. The zero-order chi connectivity index (χ0) is 19.7. The van der Waals surface area contributed by atoms with Crippen molar-refractivity contribution >= 4 is 17.0 Å². The smallest absolute Gasteiger partial charge is 0.263 e. The summed E-state index contributed by atoms with van der Waals surface area (Å²) in [4.78, 5) is 21.3. The molecule has 0 aliphatic heterocycles. The number of rotatable bonds is 6. The van der Waals surface area contributed by atoms with Crippen LogP contribution >= 0.6 is 0 Å². The van der Waals surface area contributed by atoms with Crippen molar-refractivity contribution < 1.29 is 13.9 Å². The molecular formula is C18H21F2N5O2. The molecule has 1 atom stereocenters. The number of fused-ring (bicyclic) bond motifs is 1. The highest BCUT2D eigenvalue weighted by Gasteiger charge is 2.22. The number of nitrogens with zero attached hydrogens (tertiary/aromatic N) is 4. The van der Waals surface area contributed by atoms with Crippen LogP contribution in [0.15, 0.2) is 29.1 Å². The van der Waals surface area contributed by atoms with Crippen LogP contribution in [0, 0.1) is 0 Å². The molecule has 0 spiro atoms. The molecule has 9 heteroatoms.